The van der Waals surface area contributed by atoms with Crippen molar-refractivity contribution in [3.63, 3.8) is 0 Å². The van der Waals surface area contributed by atoms with Crippen LogP contribution in [0.3, 0.4) is 0 Å². The number of hydrogen-bond acceptors (Lipinski definition) is 4. The van der Waals surface area contributed by atoms with Crippen LogP contribution >= 0.6 is 24.0 Å². The van der Waals surface area contributed by atoms with Crippen molar-refractivity contribution in [3.8, 4) is 0 Å². The Hall–Kier alpha value is -2.69. The number of thioether (sulfide) groups is 1. The van der Waals surface area contributed by atoms with Gasteiger partial charge in [-0.1, -0.05) is 36.0 Å². The summed E-state index contributed by atoms with van der Waals surface area (Å²) in [5.74, 6) is -2.48. The van der Waals surface area contributed by atoms with Crippen LogP contribution in [0.2, 0.25) is 0 Å². The van der Waals surface area contributed by atoms with Gasteiger partial charge in [0.15, 0.2) is 5.11 Å². The summed E-state index contributed by atoms with van der Waals surface area (Å²) in [7, 11) is -3.79. The molecule has 0 spiro atoms. The summed E-state index contributed by atoms with van der Waals surface area (Å²) in [6, 6.07) is 19.9. The number of benzene rings is 3. The molecule has 0 bridgehead atoms. The first-order valence-electron chi connectivity index (χ1n) is 9.04. The lowest BCUT2D eigenvalue weighted by Crippen LogP contribution is -2.20. The molecule has 0 amide bonds. The molecule has 3 rings (SSSR count). The molecule has 162 valence electrons. The van der Waals surface area contributed by atoms with Crippen LogP contribution in [0.4, 0.5) is 25.8 Å². The molecule has 0 heterocycles. The van der Waals surface area contributed by atoms with Crippen molar-refractivity contribution in [2.24, 2.45) is 0 Å². The molecule has 31 heavy (non-hydrogen) atoms. The van der Waals surface area contributed by atoms with Gasteiger partial charge in [0.1, 0.15) is 0 Å². The monoisotopic (exact) mass is 479 g/mol. The summed E-state index contributed by atoms with van der Waals surface area (Å²) in [4.78, 5) is 0.566. The van der Waals surface area contributed by atoms with Crippen molar-refractivity contribution in [2.75, 3.05) is 15.4 Å². The first-order chi connectivity index (χ1) is 14.7. The van der Waals surface area contributed by atoms with Crippen LogP contribution < -0.4 is 15.4 Å². The smallest absolute Gasteiger partial charge is 0.288 e. The van der Waals surface area contributed by atoms with Gasteiger partial charge in [-0.15, -0.1) is 0 Å². The number of halogens is 2. The highest BCUT2D eigenvalue weighted by molar-refractivity contribution is 7.99. The molecule has 3 aromatic rings. The second-order valence-electron chi connectivity index (χ2n) is 6.43. The van der Waals surface area contributed by atoms with Gasteiger partial charge in [-0.25, -0.2) is 8.42 Å². The quantitative estimate of drug-likeness (QED) is 0.289. The van der Waals surface area contributed by atoms with E-state index < -0.39 is 15.8 Å². The Morgan fingerprint density at radius 3 is 2.16 bits per heavy atom. The van der Waals surface area contributed by atoms with Crippen molar-refractivity contribution in [3.05, 3.63) is 78.4 Å². The van der Waals surface area contributed by atoms with Gasteiger partial charge in [-0.05, 0) is 73.2 Å². The molecule has 3 N–H and O–H groups in total. The van der Waals surface area contributed by atoms with E-state index in [2.05, 4.69) is 15.4 Å². The third kappa shape index (κ3) is 6.65. The lowest BCUT2D eigenvalue weighted by atomic mass is 10.2. The molecule has 5 nitrogen and oxygen atoms in total. The highest BCUT2D eigenvalue weighted by Crippen LogP contribution is 2.26. The van der Waals surface area contributed by atoms with Crippen molar-refractivity contribution in [1.29, 1.82) is 0 Å². The minimum atomic E-state index is -3.79. The maximum atomic E-state index is 12.8. The summed E-state index contributed by atoms with van der Waals surface area (Å²) in [5, 5.41) is 6.12. The lowest BCUT2D eigenvalue weighted by molar-refractivity contribution is 0.252. The van der Waals surface area contributed by atoms with E-state index in [1.807, 2.05) is 0 Å². The van der Waals surface area contributed by atoms with E-state index in [1.165, 1.54) is 6.07 Å². The number of anilines is 3. The van der Waals surface area contributed by atoms with E-state index in [4.69, 9.17) is 12.2 Å². The number of nitrogens with one attached hydrogen (secondary N) is 3. The Balaban J connectivity index is 1.70. The van der Waals surface area contributed by atoms with E-state index in [0.717, 1.165) is 0 Å². The van der Waals surface area contributed by atoms with Crippen LogP contribution in [0.1, 0.15) is 5.56 Å². The van der Waals surface area contributed by atoms with Gasteiger partial charge >= 0.3 is 0 Å². The van der Waals surface area contributed by atoms with Crippen LogP contribution in [0.25, 0.3) is 0 Å². The Labute approximate surface area is 189 Å². The van der Waals surface area contributed by atoms with Gasteiger partial charge in [-0.3, -0.25) is 4.72 Å². The van der Waals surface area contributed by atoms with E-state index in [-0.39, 0.29) is 10.0 Å². The summed E-state index contributed by atoms with van der Waals surface area (Å²) in [6.45, 7) is 1.71. The van der Waals surface area contributed by atoms with Gasteiger partial charge in [0.2, 0.25) is 0 Å². The Bertz CT molecular complexity index is 1160. The Morgan fingerprint density at radius 1 is 0.903 bits per heavy atom. The van der Waals surface area contributed by atoms with Gasteiger partial charge < -0.3 is 10.6 Å². The molecule has 10 heteroatoms. The fourth-order valence-corrected chi connectivity index (χ4v) is 4.76. The Kier molecular flexibility index (Phi) is 7.47. The second-order valence-corrected chi connectivity index (χ2v) is 9.56. The molecular formula is C21H19F2N3O2S3. The summed E-state index contributed by atoms with van der Waals surface area (Å²) < 4.78 is 53.0. The molecule has 0 aromatic heterocycles. The third-order valence-electron chi connectivity index (χ3n) is 4.10. The molecule has 0 fully saturated rings. The number of alkyl halides is 2. The summed E-state index contributed by atoms with van der Waals surface area (Å²) >= 11 is 5.74. The molecule has 0 saturated heterocycles. The first kappa shape index (κ1) is 23.0. The number of aryl methyl sites for hydroxylation is 1. The third-order valence-corrected chi connectivity index (χ3v) is 6.55. The maximum absolute atomic E-state index is 12.8. The fraction of sp³-hybridized carbons (Fsp3) is 0.0952. The van der Waals surface area contributed by atoms with Crippen LogP contribution in [0, 0.1) is 6.92 Å². The Morgan fingerprint density at radius 2 is 1.52 bits per heavy atom. The van der Waals surface area contributed by atoms with E-state index in [1.54, 1.807) is 73.7 Å². The SMILES string of the molecule is Cc1ccc(NC(=S)Nc2ccc(SC(F)F)cc2)cc1S(=O)(=O)Nc1ccccc1. The standard InChI is InChI=1S/C21H19F2N3O2S3/c1-14-7-8-17(13-19(14)31(27,28)26-16-5-3-2-4-6-16)25-21(29)24-15-9-11-18(12-10-15)30-20(22)23/h2-13,20,26H,1H3,(H2,24,25,29). The number of hydrogen-bond donors (Lipinski definition) is 3. The minimum Gasteiger partial charge on any atom is -0.332 e. The number of para-hydroxylation sites is 1. The molecule has 0 atom stereocenters. The molecule has 0 radical (unpaired) electrons. The van der Waals surface area contributed by atoms with Gasteiger partial charge in [0.05, 0.1) is 4.90 Å². The van der Waals surface area contributed by atoms with E-state index >= 15 is 0 Å². The zero-order valence-corrected chi connectivity index (χ0v) is 18.8. The largest absolute Gasteiger partial charge is 0.332 e. The van der Waals surface area contributed by atoms with Crippen LogP contribution in [0.5, 0.6) is 0 Å². The van der Waals surface area contributed by atoms with Gasteiger partial charge in [-0.2, -0.15) is 8.78 Å². The molecular weight excluding hydrogens is 460 g/mol. The minimum absolute atomic E-state index is 0.123. The van der Waals surface area contributed by atoms with E-state index in [0.29, 0.717) is 39.3 Å². The van der Waals surface area contributed by atoms with Gasteiger partial charge in [0.25, 0.3) is 15.8 Å². The summed E-state index contributed by atoms with van der Waals surface area (Å²) in [5.41, 5.74) is 2.15. The molecule has 0 aliphatic rings. The zero-order chi connectivity index (χ0) is 22.4. The van der Waals surface area contributed by atoms with Crippen LogP contribution in [0.15, 0.2) is 82.6 Å². The second kappa shape index (κ2) is 10.1. The highest BCUT2D eigenvalue weighted by Gasteiger charge is 2.18. The zero-order valence-electron chi connectivity index (χ0n) is 16.3. The number of sulfonamides is 1. The lowest BCUT2D eigenvalue weighted by Gasteiger charge is -2.14. The average molecular weight is 480 g/mol. The number of thiocarbonyl (C=S) groups is 1. The molecule has 3 aromatic carbocycles. The normalized spacial score (nSPS) is 11.2. The molecule has 0 aliphatic carbocycles. The van der Waals surface area contributed by atoms with Crippen molar-refractivity contribution in [1.82, 2.24) is 0 Å². The summed E-state index contributed by atoms with van der Waals surface area (Å²) in [6.07, 6.45) is 0. The highest BCUT2D eigenvalue weighted by atomic mass is 32.2. The van der Waals surface area contributed by atoms with Crippen LogP contribution in [-0.4, -0.2) is 19.3 Å². The predicted octanol–water partition coefficient (Wildman–Crippen LogP) is 5.92. The molecule has 0 aliphatic heterocycles. The topological polar surface area (TPSA) is 70.2 Å². The predicted molar refractivity (Wildman–Crippen MR) is 127 cm³/mol. The first-order valence-corrected chi connectivity index (χ1v) is 11.8. The molecule has 0 saturated carbocycles. The fourth-order valence-electron chi connectivity index (χ4n) is 2.70. The molecule has 0 unspecified atom stereocenters. The maximum Gasteiger partial charge on any atom is 0.288 e. The van der Waals surface area contributed by atoms with E-state index in [9.17, 15) is 17.2 Å². The average Bonchev–Trinajstić information content (AvgIpc) is 2.71. The van der Waals surface area contributed by atoms with Gasteiger partial charge in [0, 0.05) is 22.0 Å². The number of rotatable bonds is 7. The van der Waals surface area contributed by atoms with Crippen molar-refractivity contribution < 1.29 is 17.2 Å². The van der Waals surface area contributed by atoms with Crippen LogP contribution in [-0.2, 0) is 10.0 Å². The van der Waals surface area contributed by atoms with Crippen molar-refractivity contribution in [2.45, 2.75) is 22.5 Å². The van der Waals surface area contributed by atoms with Crippen molar-refractivity contribution >= 4 is 56.2 Å².